The van der Waals surface area contributed by atoms with Gasteiger partial charge in [0.25, 0.3) is 0 Å². The number of halogens is 1. The van der Waals surface area contributed by atoms with Gasteiger partial charge in [-0.15, -0.1) is 0 Å². The molecule has 0 aliphatic carbocycles. The van der Waals surface area contributed by atoms with Gasteiger partial charge < -0.3 is 24.4 Å². The van der Waals surface area contributed by atoms with E-state index in [2.05, 4.69) is 0 Å². The number of furan rings is 1. The van der Waals surface area contributed by atoms with Crippen molar-refractivity contribution in [3.8, 4) is 17.2 Å². The first-order valence-electron chi connectivity index (χ1n) is 7.32. The summed E-state index contributed by atoms with van der Waals surface area (Å²) in [5.41, 5.74) is 6.47. The molecule has 0 unspecified atom stereocenters. The first kappa shape index (κ1) is 16.6. The Labute approximate surface area is 142 Å². The molecule has 0 spiro atoms. The topological polar surface area (TPSA) is 83.9 Å². The number of carbonyl (C=O) groups excluding carboxylic acids is 1. The van der Waals surface area contributed by atoms with Crippen molar-refractivity contribution in [1.82, 2.24) is 0 Å². The number of anilines is 1. The van der Waals surface area contributed by atoms with Gasteiger partial charge in [-0.3, -0.25) is 4.79 Å². The molecule has 0 saturated heterocycles. The first-order chi connectivity index (χ1) is 12.0. The molecule has 6 nitrogen and oxygen atoms in total. The number of fused-ring (bicyclic) bond motifs is 1. The minimum absolute atomic E-state index is 0.0839. The van der Waals surface area contributed by atoms with Crippen LogP contribution in [0.5, 0.6) is 17.2 Å². The van der Waals surface area contributed by atoms with Crippen LogP contribution in [0.4, 0.5) is 10.3 Å². The number of methoxy groups -OCH3 is 3. The number of ketones is 1. The maximum absolute atomic E-state index is 13.3. The van der Waals surface area contributed by atoms with Gasteiger partial charge in [0.15, 0.2) is 17.3 Å². The van der Waals surface area contributed by atoms with E-state index < -0.39 is 11.6 Å². The van der Waals surface area contributed by atoms with Crippen molar-refractivity contribution in [1.29, 1.82) is 0 Å². The number of nitrogen functional groups attached to an aromatic ring is 1. The fourth-order valence-corrected chi connectivity index (χ4v) is 2.68. The van der Waals surface area contributed by atoms with Crippen LogP contribution < -0.4 is 19.9 Å². The number of carbonyl (C=O) groups is 1. The number of nitrogens with two attached hydrogens (primary N) is 1. The van der Waals surface area contributed by atoms with Gasteiger partial charge in [-0.1, -0.05) is 0 Å². The third-order valence-electron chi connectivity index (χ3n) is 3.83. The number of ether oxygens (including phenoxy) is 3. The quantitative estimate of drug-likeness (QED) is 0.714. The fourth-order valence-electron chi connectivity index (χ4n) is 2.68. The first-order valence-corrected chi connectivity index (χ1v) is 7.32. The number of rotatable bonds is 5. The molecule has 0 aliphatic heterocycles. The summed E-state index contributed by atoms with van der Waals surface area (Å²) in [5, 5.41) is 0.428. The summed E-state index contributed by atoms with van der Waals surface area (Å²) in [6.07, 6.45) is 0. The number of benzene rings is 2. The zero-order valence-corrected chi connectivity index (χ0v) is 13.9. The Morgan fingerprint density at radius 2 is 1.68 bits per heavy atom. The van der Waals surface area contributed by atoms with Gasteiger partial charge in [-0.05, 0) is 24.3 Å². The summed E-state index contributed by atoms with van der Waals surface area (Å²) in [4.78, 5) is 13.0. The van der Waals surface area contributed by atoms with Crippen LogP contribution in [0.15, 0.2) is 34.7 Å². The second kappa shape index (κ2) is 6.35. The summed E-state index contributed by atoms with van der Waals surface area (Å²) in [6, 6.07) is 6.91. The lowest BCUT2D eigenvalue weighted by Crippen LogP contribution is -2.05. The highest BCUT2D eigenvalue weighted by molar-refractivity contribution is 6.19. The lowest BCUT2D eigenvalue weighted by Gasteiger charge is -2.13. The largest absolute Gasteiger partial charge is 0.493 e. The molecule has 0 radical (unpaired) electrons. The molecule has 130 valence electrons. The van der Waals surface area contributed by atoms with Gasteiger partial charge in [0, 0.05) is 17.0 Å². The minimum atomic E-state index is -0.479. The Morgan fingerprint density at radius 1 is 1.04 bits per heavy atom. The van der Waals surface area contributed by atoms with E-state index in [1.165, 1.54) is 51.7 Å². The molecule has 2 aromatic carbocycles. The average Bonchev–Trinajstić information content (AvgIpc) is 2.94. The second-order valence-corrected chi connectivity index (χ2v) is 5.22. The predicted molar refractivity (Wildman–Crippen MR) is 90.1 cm³/mol. The van der Waals surface area contributed by atoms with Crippen LogP contribution in [-0.4, -0.2) is 27.1 Å². The molecular formula is C18H16FNO5. The third kappa shape index (κ3) is 2.73. The van der Waals surface area contributed by atoms with Crippen LogP contribution in [0, 0.1) is 5.82 Å². The van der Waals surface area contributed by atoms with Crippen molar-refractivity contribution in [2.75, 3.05) is 27.1 Å². The van der Waals surface area contributed by atoms with Gasteiger partial charge >= 0.3 is 0 Å². The SMILES string of the molecule is COc1cc(C(=O)c2c(N)oc3cc(F)ccc23)cc(OC)c1OC. The van der Waals surface area contributed by atoms with Gasteiger partial charge in [0.1, 0.15) is 11.4 Å². The van der Waals surface area contributed by atoms with E-state index in [0.717, 1.165) is 0 Å². The maximum Gasteiger partial charge on any atom is 0.203 e. The Bertz CT molecular complexity index is 938. The van der Waals surface area contributed by atoms with Crippen LogP contribution in [-0.2, 0) is 0 Å². The van der Waals surface area contributed by atoms with Crippen LogP contribution >= 0.6 is 0 Å². The highest BCUT2D eigenvalue weighted by atomic mass is 19.1. The molecule has 0 aliphatic rings. The monoisotopic (exact) mass is 345 g/mol. The van der Waals surface area contributed by atoms with Gasteiger partial charge in [0.2, 0.25) is 11.6 Å². The van der Waals surface area contributed by atoms with Gasteiger partial charge in [-0.25, -0.2) is 4.39 Å². The third-order valence-corrected chi connectivity index (χ3v) is 3.83. The van der Waals surface area contributed by atoms with Crippen LogP contribution in [0.3, 0.4) is 0 Å². The highest BCUT2D eigenvalue weighted by Gasteiger charge is 2.24. The molecule has 0 amide bonds. The summed E-state index contributed by atoms with van der Waals surface area (Å²) in [5.74, 6) is 0.0772. The van der Waals surface area contributed by atoms with E-state index in [1.54, 1.807) is 0 Å². The van der Waals surface area contributed by atoms with Crippen molar-refractivity contribution in [3.63, 3.8) is 0 Å². The molecule has 3 rings (SSSR count). The standard InChI is InChI=1S/C18H16FNO5/c1-22-13-6-9(7-14(23-2)17(13)24-3)16(21)15-11-5-4-10(19)8-12(11)25-18(15)20/h4-8H,20H2,1-3H3. The Morgan fingerprint density at radius 3 is 2.24 bits per heavy atom. The van der Waals surface area contributed by atoms with Crippen molar-refractivity contribution in [2.45, 2.75) is 0 Å². The van der Waals surface area contributed by atoms with Crippen molar-refractivity contribution < 1.29 is 27.8 Å². The molecule has 0 atom stereocenters. The van der Waals surface area contributed by atoms with Crippen molar-refractivity contribution >= 4 is 22.6 Å². The van der Waals surface area contributed by atoms with Crippen LogP contribution in [0.2, 0.25) is 0 Å². The van der Waals surface area contributed by atoms with E-state index in [-0.39, 0.29) is 22.6 Å². The molecule has 7 heteroatoms. The molecule has 0 bridgehead atoms. The maximum atomic E-state index is 13.3. The van der Waals surface area contributed by atoms with E-state index in [9.17, 15) is 9.18 Å². The highest BCUT2D eigenvalue weighted by Crippen LogP contribution is 2.40. The van der Waals surface area contributed by atoms with E-state index in [1.807, 2.05) is 0 Å². The second-order valence-electron chi connectivity index (χ2n) is 5.22. The Hall–Kier alpha value is -3.22. The molecule has 0 saturated carbocycles. The molecule has 3 aromatic rings. The van der Waals surface area contributed by atoms with Crippen LogP contribution in [0.25, 0.3) is 11.0 Å². The summed E-state index contributed by atoms with van der Waals surface area (Å²) in [6.45, 7) is 0. The summed E-state index contributed by atoms with van der Waals surface area (Å²) >= 11 is 0. The zero-order valence-electron chi connectivity index (χ0n) is 13.9. The van der Waals surface area contributed by atoms with Gasteiger partial charge in [-0.2, -0.15) is 0 Å². The Balaban J connectivity index is 2.18. The molecular weight excluding hydrogens is 329 g/mol. The molecule has 1 heterocycles. The summed E-state index contributed by atoms with van der Waals surface area (Å²) < 4.78 is 34.4. The molecule has 25 heavy (non-hydrogen) atoms. The van der Waals surface area contributed by atoms with Crippen molar-refractivity contribution in [3.05, 3.63) is 47.3 Å². The average molecular weight is 345 g/mol. The van der Waals surface area contributed by atoms with E-state index >= 15 is 0 Å². The normalized spacial score (nSPS) is 10.7. The predicted octanol–water partition coefficient (Wildman–Crippen LogP) is 3.41. The lowest BCUT2D eigenvalue weighted by molar-refractivity contribution is 0.103. The lowest BCUT2D eigenvalue weighted by atomic mass is 10.0. The molecule has 0 fully saturated rings. The molecule has 1 aromatic heterocycles. The smallest absolute Gasteiger partial charge is 0.203 e. The van der Waals surface area contributed by atoms with E-state index in [0.29, 0.717) is 22.6 Å². The molecule has 2 N–H and O–H groups in total. The number of hydrogen-bond donors (Lipinski definition) is 1. The summed E-state index contributed by atoms with van der Waals surface area (Å²) in [7, 11) is 4.38. The number of hydrogen-bond acceptors (Lipinski definition) is 6. The van der Waals surface area contributed by atoms with Crippen molar-refractivity contribution in [2.24, 2.45) is 0 Å². The van der Waals surface area contributed by atoms with E-state index in [4.69, 9.17) is 24.4 Å². The van der Waals surface area contributed by atoms with Crippen LogP contribution in [0.1, 0.15) is 15.9 Å². The zero-order chi connectivity index (χ0) is 18.1. The fraction of sp³-hybridized carbons (Fsp3) is 0.167. The van der Waals surface area contributed by atoms with Gasteiger partial charge in [0.05, 0.1) is 26.9 Å². The Kier molecular flexibility index (Phi) is 4.22. The minimum Gasteiger partial charge on any atom is -0.493 e.